The van der Waals surface area contributed by atoms with Crippen LogP contribution in [-0.2, 0) is 6.54 Å². The molecule has 0 aromatic heterocycles. The van der Waals surface area contributed by atoms with Gasteiger partial charge in [-0.1, -0.05) is 18.2 Å². The van der Waals surface area contributed by atoms with Gasteiger partial charge < -0.3 is 9.64 Å². The second kappa shape index (κ2) is 5.68. The van der Waals surface area contributed by atoms with E-state index in [1.165, 1.54) is 0 Å². The summed E-state index contributed by atoms with van der Waals surface area (Å²) in [7, 11) is 0. The van der Waals surface area contributed by atoms with Gasteiger partial charge in [0.2, 0.25) is 0 Å². The molecule has 0 spiro atoms. The molecule has 2 aromatic carbocycles. The fourth-order valence-corrected chi connectivity index (χ4v) is 2.37. The molecule has 104 valence electrons. The third kappa shape index (κ3) is 2.72. The number of nitrogens with zero attached hydrogens (tertiary/aromatic N) is 2. The van der Waals surface area contributed by atoms with Crippen LogP contribution in [-0.4, -0.2) is 24.0 Å². The number of benzene rings is 2. The Morgan fingerprint density at radius 2 is 1.90 bits per heavy atom. The van der Waals surface area contributed by atoms with E-state index in [2.05, 4.69) is 6.07 Å². The minimum atomic E-state index is -0.0419. The predicted molar refractivity (Wildman–Crippen MR) is 77.8 cm³/mol. The van der Waals surface area contributed by atoms with Crippen LogP contribution in [0.5, 0.6) is 5.75 Å². The molecule has 2 aromatic rings. The molecule has 1 aliphatic heterocycles. The van der Waals surface area contributed by atoms with Crippen LogP contribution in [0.1, 0.15) is 21.5 Å². The zero-order chi connectivity index (χ0) is 14.7. The van der Waals surface area contributed by atoms with Crippen LogP contribution in [0.15, 0.2) is 48.5 Å². The molecule has 0 bridgehead atoms. The van der Waals surface area contributed by atoms with Crippen molar-refractivity contribution in [3.05, 3.63) is 65.2 Å². The molecular weight excluding hydrogens is 264 g/mol. The minimum absolute atomic E-state index is 0.0419. The topological polar surface area (TPSA) is 53.3 Å². The van der Waals surface area contributed by atoms with Crippen LogP contribution in [0.2, 0.25) is 0 Å². The zero-order valence-corrected chi connectivity index (χ0v) is 11.5. The number of carbonyl (C=O) groups is 1. The quantitative estimate of drug-likeness (QED) is 0.805. The Labute approximate surface area is 123 Å². The number of nitriles is 1. The Morgan fingerprint density at radius 3 is 2.67 bits per heavy atom. The van der Waals surface area contributed by atoms with Gasteiger partial charge in [-0.05, 0) is 30.3 Å². The summed E-state index contributed by atoms with van der Waals surface area (Å²) in [6.45, 7) is 1.57. The summed E-state index contributed by atoms with van der Waals surface area (Å²) in [5.41, 5.74) is 2.15. The molecule has 0 aliphatic carbocycles. The molecule has 0 saturated carbocycles. The summed E-state index contributed by atoms with van der Waals surface area (Å²) in [6.07, 6.45) is 0. The summed E-state index contributed by atoms with van der Waals surface area (Å²) >= 11 is 0. The van der Waals surface area contributed by atoms with Gasteiger partial charge in [-0.3, -0.25) is 4.79 Å². The first kappa shape index (κ1) is 13.2. The summed E-state index contributed by atoms with van der Waals surface area (Å²) in [4.78, 5) is 14.3. The van der Waals surface area contributed by atoms with Gasteiger partial charge in [-0.25, -0.2) is 0 Å². The molecule has 4 nitrogen and oxygen atoms in total. The normalized spacial score (nSPS) is 13.6. The number of ether oxygens (including phenoxy) is 1. The Morgan fingerprint density at radius 1 is 1.14 bits per heavy atom. The maximum Gasteiger partial charge on any atom is 0.254 e. The summed E-state index contributed by atoms with van der Waals surface area (Å²) in [5, 5.41) is 8.80. The molecule has 1 heterocycles. The van der Waals surface area contributed by atoms with Crippen molar-refractivity contribution < 1.29 is 9.53 Å². The zero-order valence-electron chi connectivity index (χ0n) is 11.5. The molecule has 1 amide bonds. The highest BCUT2D eigenvalue weighted by atomic mass is 16.5. The van der Waals surface area contributed by atoms with Crippen molar-refractivity contribution >= 4 is 5.91 Å². The SMILES string of the molecule is N#Cc1ccc(C(=O)N2CCOc3ccccc3C2)cc1. The van der Waals surface area contributed by atoms with Gasteiger partial charge in [0.25, 0.3) is 5.91 Å². The van der Waals surface area contributed by atoms with Gasteiger partial charge >= 0.3 is 0 Å². The molecule has 0 saturated heterocycles. The minimum Gasteiger partial charge on any atom is -0.491 e. The molecule has 3 rings (SSSR count). The van der Waals surface area contributed by atoms with E-state index in [1.54, 1.807) is 29.2 Å². The van der Waals surface area contributed by atoms with Gasteiger partial charge in [0.05, 0.1) is 18.2 Å². The number of para-hydroxylation sites is 1. The maximum absolute atomic E-state index is 12.5. The lowest BCUT2D eigenvalue weighted by molar-refractivity contribution is 0.0733. The fourth-order valence-electron chi connectivity index (χ4n) is 2.37. The van der Waals surface area contributed by atoms with Crippen molar-refractivity contribution in [3.63, 3.8) is 0 Å². The van der Waals surface area contributed by atoms with Crippen molar-refractivity contribution in [1.29, 1.82) is 5.26 Å². The molecule has 1 aliphatic rings. The van der Waals surface area contributed by atoms with Crippen molar-refractivity contribution in [2.75, 3.05) is 13.2 Å². The highest BCUT2D eigenvalue weighted by Crippen LogP contribution is 2.23. The van der Waals surface area contributed by atoms with Gasteiger partial charge in [0.15, 0.2) is 0 Å². The number of rotatable bonds is 1. The maximum atomic E-state index is 12.5. The molecule has 0 atom stereocenters. The van der Waals surface area contributed by atoms with Crippen LogP contribution in [0.25, 0.3) is 0 Å². The molecule has 0 radical (unpaired) electrons. The van der Waals surface area contributed by atoms with E-state index in [1.807, 2.05) is 24.3 Å². The third-order valence-electron chi connectivity index (χ3n) is 3.50. The highest BCUT2D eigenvalue weighted by molar-refractivity contribution is 5.94. The highest BCUT2D eigenvalue weighted by Gasteiger charge is 2.20. The largest absolute Gasteiger partial charge is 0.491 e. The summed E-state index contributed by atoms with van der Waals surface area (Å²) in [5.74, 6) is 0.799. The van der Waals surface area contributed by atoms with E-state index >= 15 is 0 Å². The van der Waals surface area contributed by atoms with Crippen LogP contribution in [0, 0.1) is 11.3 Å². The van der Waals surface area contributed by atoms with Gasteiger partial charge in [0, 0.05) is 17.7 Å². The van der Waals surface area contributed by atoms with Crippen LogP contribution < -0.4 is 4.74 Å². The van der Waals surface area contributed by atoms with Crippen molar-refractivity contribution in [3.8, 4) is 11.8 Å². The Kier molecular flexibility index (Phi) is 3.57. The van der Waals surface area contributed by atoms with Crippen LogP contribution in [0.3, 0.4) is 0 Å². The standard InChI is InChI=1S/C17H14N2O2/c18-11-13-5-7-14(8-6-13)17(20)19-9-10-21-16-4-2-1-3-15(16)12-19/h1-8H,9-10,12H2. The first-order chi connectivity index (χ1) is 10.3. The Balaban J connectivity index is 1.83. The summed E-state index contributed by atoms with van der Waals surface area (Å²) in [6, 6.07) is 16.5. The van der Waals surface area contributed by atoms with Crippen molar-refractivity contribution in [2.24, 2.45) is 0 Å². The molecule has 0 unspecified atom stereocenters. The average molecular weight is 278 g/mol. The number of fused-ring (bicyclic) bond motifs is 1. The number of carbonyl (C=O) groups excluding carboxylic acids is 1. The monoisotopic (exact) mass is 278 g/mol. The van der Waals surface area contributed by atoms with E-state index in [4.69, 9.17) is 10.00 Å². The lowest BCUT2D eigenvalue weighted by atomic mass is 10.1. The van der Waals surface area contributed by atoms with E-state index in [9.17, 15) is 4.79 Å². The molecule has 0 fully saturated rings. The molecule has 4 heteroatoms. The number of hydrogen-bond donors (Lipinski definition) is 0. The van der Waals surface area contributed by atoms with Crippen LogP contribution in [0.4, 0.5) is 0 Å². The first-order valence-corrected chi connectivity index (χ1v) is 6.78. The third-order valence-corrected chi connectivity index (χ3v) is 3.50. The number of hydrogen-bond acceptors (Lipinski definition) is 3. The molecule has 0 N–H and O–H groups in total. The second-order valence-corrected chi connectivity index (χ2v) is 4.87. The lowest BCUT2D eigenvalue weighted by Crippen LogP contribution is -2.32. The lowest BCUT2D eigenvalue weighted by Gasteiger charge is -2.19. The first-order valence-electron chi connectivity index (χ1n) is 6.78. The molecule has 21 heavy (non-hydrogen) atoms. The molecular formula is C17H14N2O2. The summed E-state index contributed by atoms with van der Waals surface area (Å²) < 4.78 is 5.66. The van der Waals surface area contributed by atoms with Crippen molar-refractivity contribution in [2.45, 2.75) is 6.54 Å². The van der Waals surface area contributed by atoms with E-state index in [0.29, 0.717) is 30.8 Å². The average Bonchev–Trinajstić information content (AvgIpc) is 2.76. The van der Waals surface area contributed by atoms with E-state index in [-0.39, 0.29) is 5.91 Å². The van der Waals surface area contributed by atoms with E-state index < -0.39 is 0 Å². The predicted octanol–water partition coefficient (Wildman–Crippen LogP) is 2.59. The fraction of sp³-hybridized carbons (Fsp3) is 0.176. The van der Waals surface area contributed by atoms with Crippen molar-refractivity contribution in [1.82, 2.24) is 4.90 Å². The van der Waals surface area contributed by atoms with Gasteiger partial charge in [-0.15, -0.1) is 0 Å². The van der Waals surface area contributed by atoms with Gasteiger partial charge in [-0.2, -0.15) is 5.26 Å². The second-order valence-electron chi connectivity index (χ2n) is 4.87. The van der Waals surface area contributed by atoms with E-state index in [0.717, 1.165) is 11.3 Å². The van der Waals surface area contributed by atoms with Crippen LogP contribution >= 0.6 is 0 Å². The Hall–Kier alpha value is -2.80. The smallest absolute Gasteiger partial charge is 0.254 e. The number of amides is 1. The Bertz CT molecular complexity index is 701. The van der Waals surface area contributed by atoms with Gasteiger partial charge in [0.1, 0.15) is 12.4 Å².